The molecule has 0 unspecified atom stereocenters. The van der Waals surface area contributed by atoms with E-state index in [1.807, 2.05) is 0 Å². The van der Waals surface area contributed by atoms with Gasteiger partial charge in [0.2, 0.25) is 0 Å². The van der Waals surface area contributed by atoms with Crippen LogP contribution in [0.2, 0.25) is 0 Å². The zero-order valence-electron chi connectivity index (χ0n) is 8.36. The Bertz CT molecular complexity index is 314. The Labute approximate surface area is 87.0 Å². The molecule has 82 valence electrons. The van der Waals surface area contributed by atoms with E-state index < -0.39 is 11.9 Å². The summed E-state index contributed by atoms with van der Waals surface area (Å²) in [6.45, 7) is 4.60. The number of carbonyl (C=O) groups is 3. The van der Waals surface area contributed by atoms with Crippen LogP contribution >= 0.6 is 0 Å². The molecule has 15 heavy (non-hydrogen) atoms. The average Bonchev–Trinajstić information content (AvgIpc) is 2.10. The van der Waals surface area contributed by atoms with Gasteiger partial charge in [0, 0.05) is 6.42 Å². The molecule has 0 aliphatic carbocycles. The molecule has 0 aromatic rings. The second-order valence-electron chi connectivity index (χ2n) is 2.81. The van der Waals surface area contributed by atoms with Gasteiger partial charge in [-0.25, -0.2) is 4.79 Å². The summed E-state index contributed by atoms with van der Waals surface area (Å²) in [6, 6.07) is 0. The fourth-order valence-electron chi connectivity index (χ4n) is 0.723. The van der Waals surface area contributed by atoms with E-state index in [-0.39, 0.29) is 24.2 Å². The normalized spacial score (nSPS) is 10.6. The zero-order chi connectivity index (χ0) is 11.8. The first-order valence-corrected chi connectivity index (χ1v) is 4.19. The topological polar surface area (TPSA) is 80.7 Å². The van der Waals surface area contributed by atoms with E-state index in [1.54, 1.807) is 0 Å². The highest BCUT2D eigenvalue weighted by atomic mass is 16.5. The smallest absolute Gasteiger partial charge is 0.335 e. The molecule has 0 saturated carbocycles. The maximum absolute atomic E-state index is 10.9. The summed E-state index contributed by atoms with van der Waals surface area (Å²) in [5.74, 6) is -2.30. The Balaban J connectivity index is 4.32. The molecule has 0 atom stereocenters. The minimum Gasteiger partial charge on any atom is -0.478 e. The zero-order valence-corrected chi connectivity index (χ0v) is 8.36. The second-order valence-corrected chi connectivity index (χ2v) is 2.81. The number of hydrogen-bond acceptors (Lipinski definition) is 4. The van der Waals surface area contributed by atoms with E-state index in [0.717, 1.165) is 6.26 Å². The number of carbonyl (C=O) groups excluding carboxylic acids is 2. The molecule has 0 aromatic heterocycles. The van der Waals surface area contributed by atoms with Crippen molar-refractivity contribution in [2.24, 2.45) is 0 Å². The summed E-state index contributed by atoms with van der Waals surface area (Å²) < 4.78 is 4.48. The molecule has 0 aliphatic heterocycles. The van der Waals surface area contributed by atoms with Gasteiger partial charge in [0.15, 0.2) is 0 Å². The predicted octanol–water partition coefficient (Wildman–Crippen LogP) is 1.05. The molecule has 0 saturated heterocycles. The summed E-state index contributed by atoms with van der Waals surface area (Å²) in [4.78, 5) is 31.9. The van der Waals surface area contributed by atoms with Crippen LogP contribution in [0.15, 0.2) is 24.5 Å². The summed E-state index contributed by atoms with van der Waals surface area (Å²) >= 11 is 0. The predicted molar refractivity (Wildman–Crippen MR) is 51.9 cm³/mol. The fraction of sp³-hybridized carbons (Fsp3) is 0.300. The van der Waals surface area contributed by atoms with E-state index in [2.05, 4.69) is 11.3 Å². The molecular weight excluding hydrogens is 200 g/mol. The third kappa shape index (κ3) is 6.20. The quantitative estimate of drug-likeness (QED) is 0.234. The van der Waals surface area contributed by atoms with Crippen LogP contribution in [0.25, 0.3) is 0 Å². The Morgan fingerprint density at radius 3 is 2.40 bits per heavy atom. The molecule has 0 radical (unpaired) electrons. The summed E-state index contributed by atoms with van der Waals surface area (Å²) in [7, 11) is 0. The van der Waals surface area contributed by atoms with Gasteiger partial charge in [-0.2, -0.15) is 0 Å². The van der Waals surface area contributed by atoms with Gasteiger partial charge in [0.05, 0.1) is 5.57 Å². The molecule has 0 heterocycles. The van der Waals surface area contributed by atoms with Crippen LogP contribution in [0.4, 0.5) is 0 Å². The maximum atomic E-state index is 10.9. The molecule has 0 aliphatic rings. The highest BCUT2D eigenvalue weighted by Crippen LogP contribution is 2.03. The second kappa shape index (κ2) is 6.53. The largest absolute Gasteiger partial charge is 0.478 e. The number of carboxylic acids is 1. The van der Waals surface area contributed by atoms with Gasteiger partial charge in [0.25, 0.3) is 0 Å². The number of ether oxygens (including phenoxy) is 1. The molecule has 0 bridgehead atoms. The first-order chi connectivity index (χ1) is 6.97. The van der Waals surface area contributed by atoms with Gasteiger partial charge in [-0.15, -0.1) is 6.58 Å². The average molecular weight is 212 g/mol. The minimum atomic E-state index is -1.19. The van der Waals surface area contributed by atoms with Gasteiger partial charge in [-0.05, 0) is 6.92 Å². The van der Waals surface area contributed by atoms with E-state index in [1.165, 1.54) is 13.0 Å². The van der Waals surface area contributed by atoms with Crippen molar-refractivity contribution in [2.75, 3.05) is 0 Å². The van der Waals surface area contributed by atoms with Crippen molar-refractivity contribution in [1.82, 2.24) is 0 Å². The first-order valence-electron chi connectivity index (χ1n) is 4.19. The molecule has 0 spiro atoms. The number of rotatable bonds is 6. The van der Waals surface area contributed by atoms with Crippen LogP contribution in [0, 0.1) is 0 Å². The summed E-state index contributed by atoms with van der Waals surface area (Å²) in [6.07, 6.45) is 1.92. The molecule has 0 amide bonds. The van der Waals surface area contributed by atoms with Gasteiger partial charge >= 0.3 is 11.9 Å². The third-order valence-corrected chi connectivity index (χ3v) is 1.36. The Morgan fingerprint density at radius 1 is 1.40 bits per heavy atom. The molecule has 0 fully saturated rings. The van der Waals surface area contributed by atoms with Crippen molar-refractivity contribution < 1.29 is 24.2 Å². The first kappa shape index (κ1) is 13.1. The number of ketones is 1. The van der Waals surface area contributed by atoms with Crippen LogP contribution in [0.5, 0.6) is 0 Å². The van der Waals surface area contributed by atoms with E-state index in [9.17, 15) is 14.4 Å². The van der Waals surface area contributed by atoms with Crippen molar-refractivity contribution >= 4 is 17.7 Å². The lowest BCUT2D eigenvalue weighted by molar-refractivity contribution is -0.140. The van der Waals surface area contributed by atoms with Gasteiger partial charge < -0.3 is 9.84 Å². The lowest BCUT2D eigenvalue weighted by Gasteiger charge is -1.99. The van der Waals surface area contributed by atoms with E-state index >= 15 is 0 Å². The SMILES string of the molecule is C=CCC(=COC(=O)CC(C)=O)C(=O)O. The van der Waals surface area contributed by atoms with Gasteiger partial charge in [0.1, 0.15) is 18.5 Å². The fourth-order valence-corrected chi connectivity index (χ4v) is 0.723. The Hall–Kier alpha value is -1.91. The van der Waals surface area contributed by atoms with Crippen molar-refractivity contribution in [3.05, 3.63) is 24.5 Å². The van der Waals surface area contributed by atoms with Crippen LogP contribution in [0.1, 0.15) is 19.8 Å². The summed E-state index contributed by atoms with van der Waals surface area (Å²) in [5.41, 5.74) is -0.0955. The standard InChI is InChI=1S/C10H12O5/c1-3-4-8(10(13)14)6-15-9(12)5-7(2)11/h3,6H,1,4-5H2,2H3,(H,13,14). The maximum Gasteiger partial charge on any atom is 0.335 e. The van der Waals surface area contributed by atoms with Crippen molar-refractivity contribution in [3.63, 3.8) is 0 Å². The lowest BCUT2D eigenvalue weighted by Crippen LogP contribution is -2.07. The molecule has 5 nitrogen and oxygen atoms in total. The number of allylic oxidation sites excluding steroid dienone is 1. The highest BCUT2D eigenvalue weighted by Gasteiger charge is 2.09. The Kier molecular flexibility index (Phi) is 5.70. The van der Waals surface area contributed by atoms with Crippen molar-refractivity contribution in [3.8, 4) is 0 Å². The van der Waals surface area contributed by atoms with Gasteiger partial charge in [-0.3, -0.25) is 9.59 Å². The van der Waals surface area contributed by atoms with E-state index in [0.29, 0.717) is 0 Å². The van der Waals surface area contributed by atoms with Crippen molar-refractivity contribution in [2.45, 2.75) is 19.8 Å². The number of carboxylic acid groups (broad SMARTS) is 1. The van der Waals surface area contributed by atoms with E-state index in [4.69, 9.17) is 5.11 Å². The number of esters is 1. The van der Waals surface area contributed by atoms with Crippen LogP contribution in [-0.4, -0.2) is 22.8 Å². The molecule has 5 heteroatoms. The van der Waals surface area contributed by atoms with Crippen LogP contribution in [0.3, 0.4) is 0 Å². The molecule has 0 aromatic carbocycles. The molecule has 1 N–H and O–H groups in total. The molecular formula is C10H12O5. The highest BCUT2D eigenvalue weighted by molar-refractivity contribution is 5.94. The van der Waals surface area contributed by atoms with Gasteiger partial charge in [-0.1, -0.05) is 6.08 Å². The number of aliphatic carboxylic acids is 1. The lowest BCUT2D eigenvalue weighted by atomic mass is 10.2. The minimum absolute atomic E-state index is 0.0860. The Morgan fingerprint density at radius 2 is 2.00 bits per heavy atom. The van der Waals surface area contributed by atoms with Crippen LogP contribution < -0.4 is 0 Å². The molecule has 0 rings (SSSR count). The number of hydrogen-bond donors (Lipinski definition) is 1. The number of Topliss-reactive ketones (excluding diaryl/α,β-unsaturated/α-hetero) is 1. The van der Waals surface area contributed by atoms with Crippen molar-refractivity contribution in [1.29, 1.82) is 0 Å². The summed E-state index contributed by atoms with van der Waals surface area (Å²) in [5, 5.41) is 8.62. The third-order valence-electron chi connectivity index (χ3n) is 1.36. The monoisotopic (exact) mass is 212 g/mol. The van der Waals surface area contributed by atoms with Crippen LogP contribution in [-0.2, 0) is 19.1 Å².